The molecular weight excluding hydrogens is 250 g/mol. The first-order valence-electron chi connectivity index (χ1n) is 7.03. The highest BCUT2D eigenvalue weighted by Gasteiger charge is 2.18. The molecule has 3 nitrogen and oxygen atoms in total. The van der Waals surface area contributed by atoms with Crippen LogP contribution in [0.4, 0.5) is 0 Å². The molecule has 106 valence electrons. The average molecular weight is 271 g/mol. The van der Waals surface area contributed by atoms with E-state index < -0.39 is 0 Å². The van der Waals surface area contributed by atoms with Crippen molar-refractivity contribution in [1.29, 1.82) is 0 Å². The maximum Gasteiger partial charge on any atom is 0.322 e. The van der Waals surface area contributed by atoms with Gasteiger partial charge in [-0.2, -0.15) is 0 Å². The monoisotopic (exact) mass is 271 g/mol. The molecule has 0 aliphatic carbocycles. The molecule has 0 aliphatic heterocycles. The molecule has 2 rings (SSSR count). The Balaban J connectivity index is 2.19. The minimum atomic E-state index is -0.316. The van der Waals surface area contributed by atoms with Crippen LogP contribution in [0.1, 0.15) is 32.4 Å². The third-order valence-corrected chi connectivity index (χ3v) is 3.43. The van der Waals surface area contributed by atoms with E-state index in [0.717, 1.165) is 0 Å². The van der Waals surface area contributed by atoms with Crippen molar-refractivity contribution in [1.82, 2.24) is 5.32 Å². The Hall–Kier alpha value is -1.87. The van der Waals surface area contributed by atoms with Crippen LogP contribution in [0.25, 0.3) is 10.8 Å². The molecule has 0 saturated heterocycles. The Morgan fingerprint density at radius 2 is 1.85 bits per heavy atom. The topological polar surface area (TPSA) is 38.3 Å². The predicted molar refractivity (Wildman–Crippen MR) is 81.6 cm³/mol. The second-order valence-corrected chi connectivity index (χ2v) is 4.93. The molecule has 3 heteroatoms. The number of benzene rings is 2. The number of nitrogens with one attached hydrogen (secondary N) is 1. The predicted octanol–water partition coefficient (Wildman–Crippen LogP) is 3.44. The van der Waals surface area contributed by atoms with E-state index in [4.69, 9.17) is 4.74 Å². The first-order valence-corrected chi connectivity index (χ1v) is 7.03. The van der Waals surface area contributed by atoms with Crippen LogP contribution < -0.4 is 5.32 Å². The SMILES string of the molecule is CCOC(=O)[C@@H](C)N[C@H](C)c1cccc2ccccc12. The van der Waals surface area contributed by atoms with Crippen LogP contribution in [0.3, 0.4) is 0 Å². The molecule has 0 heterocycles. The zero-order valence-corrected chi connectivity index (χ0v) is 12.2. The molecule has 0 radical (unpaired) electrons. The third-order valence-electron chi connectivity index (χ3n) is 3.43. The maximum atomic E-state index is 11.7. The minimum Gasteiger partial charge on any atom is -0.465 e. The lowest BCUT2D eigenvalue weighted by molar-refractivity contribution is -0.145. The lowest BCUT2D eigenvalue weighted by atomic mass is 9.99. The zero-order valence-electron chi connectivity index (χ0n) is 12.2. The molecule has 2 aromatic carbocycles. The van der Waals surface area contributed by atoms with Gasteiger partial charge >= 0.3 is 5.97 Å². The van der Waals surface area contributed by atoms with E-state index in [9.17, 15) is 4.79 Å². The van der Waals surface area contributed by atoms with Crippen LogP contribution in [0, 0.1) is 0 Å². The standard InChI is InChI=1S/C17H21NO2/c1-4-20-17(19)13(3)18-12(2)15-11-7-9-14-8-5-6-10-16(14)15/h5-13,18H,4H2,1-3H3/t12-,13-/m1/s1. The Morgan fingerprint density at radius 1 is 1.15 bits per heavy atom. The van der Waals surface area contributed by atoms with Gasteiger partial charge in [-0.25, -0.2) is 0 Å². The molecule has 0 bridgehead atoms. The summed E-state index contributed by atoms with van der Waals surface area (Å²) in [4.78, 5) is 11.7. The number of ether oxygens (including phenoxy) is 1. The summed E-state index contributed by atoms with van der Waals surface area (Å²) in [5.41, 5.74) is 1.19. The number of rotatable bonds is 5. The fraction of sp³-hybridized carbons (Fsp3) is 0.353. The van der Waals surface area contributed by atoms with Crippen molar-refractivity contribution in [3.63, 3.8) is 0 Å². The van der Waals surface area contributed by atoms with Crippen LogP contribution in [0.2, 0.25) is 0 Å². The zero-order chi connectivity index (χ0) is 14.5. The number of hydrogen-bond donors (Lipinski definition) is 1. The summed E-state index contributed by atoms with van der Waals surface area (Å²) in [6.45, 7) is 6.13. The number of carbonyl (C=O) groups is 1. The molecule has 2 aromatic rings. The van der Waals surface area contributed by atoms with Gasteiger partial charge in [0.25, 0.3) is 0 Å². The molecule has 0 aliphatic rings. The van der Waals surface area contributed by atoms with Gasteiger partial charge in [0.05, 0.1) is 6.61 Å². The Kier molecular flexibility index (Phi) is 4.74. The molecule has 0 aromatic heterocycles. The summed E-state index contributed by atoms with van der Waals surface area (Å²) in [6, 6.07) is 14.3. The number of fused-ring (bicyclic) bond motifs is 1. The highest BCUT2D eigenvalue weighted by molar-refractivity contribution is 5.86. The van der Waals surface area contributed by atoms with E-state index in [2.05, 4.69) is 36.5 Å². The van der Waals surface area contributed by atoms with E-state index >= 15 is 0 Å². The number of esters is 1. The van der Waals surface area contributed by atoms with Crippen molar-refractivity contribution >= 4 is 16.7 Å². The van der Waals surface area contributed by atoms with Crippen molar-refractivity contribution in [2.45, 2.75) is 32.9 Å². The van der Waals surface area contributed by atoms with Crippen molar-refractivity contribution < 1.29 is 9.53 Å². The lowest BCUT2D eigenvalue weighted by Gasteiger charge is -2.20. The van der Waals surface area contributed by atoms with E-state index in [1.165, 1.54) is 16.3 Å². The highest BCUT2D eigenvalue weighted by Crippen LogP contribution is 2.24. The molecule has 0 fully saturated rings. The second kappa shape index (κ2) is 6.53. The highest BCUT2D eigenvalue weighted by atomic mass is 16.5. The first-order chi connectivity index (χ1) is 9.63. The molecular formula is C17H21NO2. The van der Waals surface area contributed by atoms with Crippen LogP contribution in [0.15, 0.2) is 42.5 Å². The average Bonchev–Trinajstić information content (AvgIpc) is 2.46. The second-order valence-electron chi connectivity index (χ2n) is 4.93. The van der Waals surface area contributed by atoms with Gasteiger partial charge < -0.3 is 4.74 Å². The molecule has 1 N–H and O–H groups in total. The fourth-order valence-electron chi connectivity index (χ4n) is 2.43. The van der Waals surface area contributed by atoms with E-state index in [1.54, 1.807) is 0 Å². The normalized spacial score (nSPS) is 13.9. The van der Waals surface area contributed by atoms with Gasteiger partial charge in [-0.3, -0.25) is 10.1 Å². The summed E-state index contributed by atoms with van der Waals surface area (Å²) in [7, 11) is 0. The van der Waals surface area contributed by atoms with Crippen LogP contribution in [-0.4, -0.2) is 18.6 Å². The van der Waals surface area contributed by atoms with Crippen molar-refractivity contribution in [3.05, 3.63) is 48.0 Å². The summed E-state index contributed by atoms with van der Waals surface area (Å²) < 4.78 is 5.03. The summed E-state index contributed by atoms with van der Waals surface area (Å²) >= 11 is 0. The Morgan fingerprint density at radius 3 is 2.60 bits per heavy atom. The smallest absolute Gasteiger partial charge is 0.322 e. The van der Waals surface area contributed by atoms with Gasteiger partial charge in [0.1, 0.15) is 6.04 Å². The van der Waals surface area contributed by atoms with Gasteiger partial charge in [0, 0.05) is 6.04 Å². The lowest BCUT2D eigenvalue weighted by Crippen LogP contribution is -2.37. The van der Waals surface area contributed by atoms with Crippen molar-refractivity contribution in [2.75, 3.05) is 6.61 Å². The Labute approximate surface area is 119 Å². The van der Waals surface area contributed by atoms with Gasteiger partial charge in [0.2, 0.25) is 0 Å². The molecule has 0 saturated carbocycles. The summed E-state index contributed by atoms with van der Waals surface area (Å²) in [6.07, 6.45) is 0. The molecule has 0 unspecified atom stereocenters. The van der Waals surface area contributed by atoms with Crippen LogP contribution in [0.5, 0.6) is 0 Å². The molecule has 20 heavy (non-hydrogen) atoms. The third kappa shape index (κ3) is 3.17. The summed E-state index contributed by atoms with van der Waals surface area (Å²) in [5, 5.41) is 5.72. The Bertz CT molecular complexity index is 589. The molecule has 2 atom stereocenters. The first kappa shape index (κ1) is 14.5. The number of hydrogen-bond acceptors (Lipinski definition) is 3. The van der Waals surface area contributed by atoms with Crippen LogP contribution in [-0.2, 0) is 9.53 Å². The van der Waals surface area contributed by atoms with Gasteiger partial charge in [-0.05, 0) is 37.1 Å². The van der Waals surface area contributed by atoms with E-state index in [-0.39, 0.29) is 18.1 Å². The van der Waals surface area contributed by atoms with E-state index in [1.807, 2.05) is 32.0 Å². The van der Waals surface area contributed by atoms with Crippen LogP contribution >= 0.6 is 0 Å². The van der Waals surface area contributed by atoms with Gasteiger partial charge in [-0.15, -0.1) is 0 Å². The maximum absolute atomic E-state index is 11.7. The van der Waals surface area contributed by atoms with E-state index in [0.29, 0.717) is 6.61 Å². The minimum absolute atomic E-state index is 0.0838. The fourth-order valence-corrected chi connectivity index (χ4v) is 2.43. The van der Waals surface area contributed by atoms with Crippen molar-refractivity contribution in [2.24, 2.45) is 0 Å². The summed E-state index contributed by atoms with van der Waals surface area (Å²) in [5.74, 6) is -0.209. The number of carbonyl (C=O) groups excluding carboxylic acids is 1. The molecule has 0 spiro atoms. The van der Waals surface area contributed by atoms with Crippen molar-refractivity contribution in [3.8, 4) is 0 Å². The quantitative estimate of drug-likeness (QED) is 0.847. The van der Waals surface area contributed by atoms with Gasteiger partial charge in [-0.1, -0.05) is 42.5 Å². The largest absolute Gasteiger partial charge is 0.465 e. The molecule has 0 amide bonds. The van der Waals surface area contributed by atoms with Gasteiger partial charge in [0.15, 0.2) is 0 Å².